The second-order valence-corrected chi connectivity index (χ2v) is 5.01. The number of halogens is 3. The first-order valence-corrected chi connectivity index (χ1v) is 5.14. The van der Waals surface area contributed by atoms with Crippen LogP contribution in [0, 0.1) is 12.3 Å². The molecule has 0 unspecified atom stereocenters. The van der Waals surface area contributed by atoms with Crippen molar-refractivity contribution in [1.29, 1.82) is 0 Å². The molecule has 16 heavy (non-hydrogen) atoms. The largest absolute Gasteiger partial charge is 0.398 e. The number of hydrogen-bond donors (Lipinski definition) is 2. The number of nitrogens with two attached hydrogens (primary N) is 1. The highest BCUT2D eigenvalue weighted by Crippen LogP contribution is 2.33. The molecular formula is C9H9Cl3N2O2. The van der Waals surface area contributed by atoms with Crippen LogP contribution in [0.15, 0.2) is 11.3 Å². The van der Waals surface area contributed by atoms with Gasteiger partial charge in [-0.05, 0) is 6.92 Å². The monoisotopic (exact) mass is 282 g/mol. The number of alkyl halides is 3. The third-order valence-corrected chi connectivity index (χ3v) is 2.12. The van der Waals surface area contributed by atoms with Gasteiger partial charge in [-0.2, -0.15) is 0 Å². The van der Waals surface area contributed by atoms with Gasteiger partial charge in [-0.25, -0.2) is 0 Å². The molecule has 0 aliphatic carbocycles. The number of allylic oxidation sites excluding steroid dienone is 1. The van der Waals surface area contributed by atoms with Crippen molar-refractivity contribution >= 4 is 46.5 Å². The Labute approximate surface area is 108 Å². The lowest BCUT2D eigenvalue weighted by Gasteiger charge is -2.15. The predicted octanol–water partition coefficient (Wildman–Crippen LogP) is 0.908. The Kier molecular flexibility index (Phi) is 5.66. The molecule has 0 atom stereocenters. The van der Waals surface area contributed by atoms with Crippen LogP contribution < -0.4 is 11.1 Å². The number of carbonyl (C=O) groups excluding carboxylic acids is 2. The average Bonchev–Trinajstić information content (AvgIpc) is 2.12. The van der Waals surface area contributed by atoms with Crippen molar-refractivity contribution < 1.29 is 9.59 Å². The van der Waals surface area contributed by atoms with Crippen molar-refractivity contribution in [1.82, 2.24) is 5.32 Å². The zero-order valence-corrected chi connectivity index (χ0v) is 10.6. The van der Waals surface area contributed by atoms with Crippen molar-refractivity contribution in [3.63, 3.8) is 0 Å². The minimum Gasteiger partial charge on any atom is -0.398 e. The highest BCUT2D eigenvalue weighted by molar-refractivity contribution is 6.69. The summed E-state index contributed by atoms with van der Waals surface area (Å²) in [5.41, 5.74) is 4.58. The smallest absolute Gasteiger partial charge is 0.257 e. The summed E-state index contributed by atoms with van der Waals surface area (Å²) in [6, 6.07) is 0. The summed E-state index contributed by atoms with van der Waals surface area (Å²) in [6.45, 7) is 1.08. The van der Waals surface area contributed by atoms with Crippen LogP contribution in [0.4, 0.5) is 0 Å². The van der Waals surface area contributed by atoms with E-state index in [1.807, 2.05) is 0 Å². The fourth-order valence-electron chi connectivity index (χ4n) is 0.833. The summed E-state index contributed by atoms with van der Waals surface area (Å²) in [6.07, 6.45) is 4.94. The second-order valence-electron chi connectivity index (χ2n) is 2.73. The van der Waals surface area contributed by atoms with Crippen LogP contribution in [0.3, 0.4) is 0 Å². The normalized spacial score (nSPS) is 12.4. The molecule has 3 N–H and O–H groups in total. The quantitative estimate of drug-likeness (QED) is 0.266. The first-order chi connectivity index (χ1) is 7.21. The molecule has 0 aromatic heterocycles. The summed E-state index contributed by atoms with van der Waals surface area (Å²) >= 11 is 16.4. The Hall–Kier alpha value is -0.890. The van der Waals surface area contributed by atoms with Crippen molar-refractivity contribution in [3.8, 4) is 12.3 Å². The number of terminal acetylenes is 1. The summed E-state index contributed by atoms with van der Waals surface area (Å²) in [4.78, 5) is 22.7. The van der Waals surface area contributed by atoms with Gasteiger partial charge in [0.05, 0.1) is 12.2 Å². The first-order valence-electron chi connectivity index (χ1n) is 4.01. The van der Waals surface area contributed by atoms with Crippen molar-refractivity contribution in [3.05, 3.63) is 11.3 Å². The molecular weight excluding hydrogens is 274 g/mol. The van der Waals surface area contributed by atoms with E-state index in [4.69, 9.17) is 47.0 Å². The number of hydrogen-bond acceptors (Lipinski definition) is 3. The van der Waals surface area contributed by atoms with Gasteiger partial charge in [-0.3, -0.25) is 9.59 Å². The molecule has 0 aromatic rings. The van der Waals surface area contributed by atoms with Crippen molar-refractivity contribution in [2.75, 3.05) is 6.54 Å². The Morgan fingerprint density at radius 2 is 1.94 bits per heavy atom. The number of amides is 1. The highest BCUT2D eigenvalue weighted by Gasteiger charge is 2.31. The lowest BCUT2D eigenvalue weighted by Crippen LogP contribution is -2.33. The van der Waals surface area contributed by atoms with Crippen LogP contribution in [0.2, 0.25) is 0 Å². The SMILES string of the molecule is C#CCNC(=O)/C(C(C)=O)=C(\N)C(Cl)(Cl)Cl. The highest BCUT2D eigenvalue weighted by atomic mass is 35.6. The van der Waals surface area contributed by atoms with E-state index in [0.717, 1.165) is 6.92 Å². The predicted molar refractivity (Wildman–Crippen MR) is 64.0 cm³/mol. The molecule has 0 saturated carbocycles. The van der Waals surface area contributed by atoms with Crippen molar-refractivity contribution in [2.45, 2.75) is 10.7 Å². The van der Waals surface area contributed by atoms with Gasteiger partial charge < -0.3 is 11.1 Å². The van der Waals surface area contributed by atoms with E-state index < -0.39 is 26.8 Å². The summed E-state index contributed by atoms with van der Waals surface area (Å²) < 4.78 is -2.02. The molecule has 4 nitrogen and oxygen atoms in total. The molecule has 0 bridgehead atoms. The molecule has 0 aliphatic heterocycles. The lowest BCUT2D eigenvalue weighted by atomic mass is 10.1. The minimum absolute atomic E-state index is 0.0528. The zero-order chi connectivity index (χ0) is 12.9. The molecule has 0 aliphatic rings. The second kappa shape index (κ2) is 6.00. The summed E-state index contributed by atoms with van der Waals surface area (Å²) in [5, 5.41) is 2.26. The number of nitrogens with one attached hydrogen (secondary N) is 1. The van der Waals surface area contributed by atoms with E-state index in [0.29, 0.717) is 0 Å². The number of carbonyl (C=O) groups is 2. The topological polar surface area (TPSA) is 72.2 Å². The third-order valence-electron chi connectivity index (χ3n) is 1.50. The van der Waals surface area contributed by atoms with Crippen LogP contribution in [0.25, 0.3) is 0 Å². The van der Waals surface area contributed by atoms with Gasteiger partial charge in [0.2, 0.25) is 3.79 Å². The molecule has 0 radical (unpaired) electrons. The van der Waals surface area contributed by atoms with Gasteiger partial charge in [0.25, 0.3) is 5.91 Å². The van der Waals surface area contributed by atoms with E-state index in [-0.39, 0.29) is 6.54 Å². The molecule has 0 spiro atoms. The minimum atomic E-state index is -2.02. The van der Waals surface area contributed by atoms with Gasteiger partial charge in [-0.1, -0.05) is 40.7 Å². The fourth-order valence-corrected chi connectivity index (χ4v) is 1.12. The van der Waals surface area contributed by atoms with E-state index in [2.05, 4.69) is 11.2 Å². The summed E-state index contributed by atoms with van der Waals surface area (Å²) in [7, 11) is 0. The maximum atomic E-state index is 11.5. The van der Waals surface area contributed by atoms with Crippen molar-refractivity contribution in [2.24, 2.45) is 5.73 Å². The molecule has 0 saturated heterocycles. The molecule has 0 rings (SSSR count). The molecule has 0 fully saturated rings. The van der Waals surface area contributed by atoms with Crippen LogP contribution in [0.5, 0.6) is 0 Å². The van der Waals surface area contributed by atoms with Gasteiger partial charge in [0, 0.05) is 0 Å². The third kappa shape index (κ3) is 4.31. The summed E-state index contributed by atoms with van der Waals surface area (Å²) in [5.74, 6) is 0.783. The van der Waals surface area contributed by atoms with Crippen LogP contribution in [0.1, 0.15) is 6.92 Å². The standard InChI is InChI=1S/C9H9Cl3N2O2/c1-3-4-14-8(16)6(5(2)15)7(13)9(10,11)12/h1H,4,13H2,2H3,(H,14,16)/b7-6-. The van der Waals surface area contributed by atoms with Crippen LogP contribution in [-0.2, 0) is 9.59 Å². The first kappa shape index (κ1) is 15.1. The van der Waals surface area contributed by atoms with Gasteiger partial charge >= 0.3 is 0 Å². The molecule has 88 valence electrons. The Morgan fingerprint density at radius 1 is 1.44 bits per heavy atom. The number of ketones is 1. The lowest BCUT2D eigenvalue weighted by molar-refractivity contribution is -0.121. The van der Waals surface area contributed by atoms with E-state index in [1.165, 1.54) is 0 Å². The van der Waals surface area contributed by atoms with E-state index >= 15 is 0 Å². The number of rotatable bonds is 3. The maximum absolute atomic E-state index is 11.5. The van der Waals surface area contributed by atoms with E-state index in [9.17, 15) is 9.59 Å². The van der Waals surface area contributed by atoms with Gasteiger partial charge in [0.15, 0.2) is 5.78 Å². The fraction of sp³-hybridized carbons (Fsp3) is 0.333. The Morgan fingerprint density at radius 3 is 2.25 bits per heavy atom. The number of Topliss-reactive ketones (excluding diaryl/α,β-unsaturated/α-hetero) is 1. The zero-order valence-electron chi connectivity index (χ0n) is 8.31. The van der Waals surface area contributed by atoms with Crippen LogP contribution in [-0.4, -0.2) is 22.0 Å². The molecule has 0 heterocycles. The molecule has 7 heteroatoms. The Bertz CT molecular complexity index is 377. The Balaban J connectivity index is 5.26. The maximum Gasteiger partial charge on any atom is 0.257 e. The van der Waals surface area contributed by atoms with E-state index in [1.54, 1.807) is 0 Å². The van der Waals surface area contributed by atoms with Gasteiger partial charge in [0.1, 0.15) is 5.57 Å². The average molecular weight is 284 g/mol. The van der Waals surface area contributed by atoms with Gasteiger partial charge in [-0.15, -0.1) is 6.42 Å². The van der Waals surface area contributed by atoms with Crippen LogP contribution >= 0.6 is 34.8 Å². The molecule has 0 aromatic carbocycles. The molecule has 1 amide bonds.